The van der Waals surface area contributed by atoms with Gasteiger partial charge in [-0.3, -0.25) is 4.72 Å². The Kier molecular flexibility index (Phi) is 4.93. The molecular weight excluding hydrogens is 286 g/mol. The fourth-order valence-electron chi connectivity index (χ4n) is 1.73. The summed E-state index contributed by atoms with van der Waals surface area (Å²) in [6.45, 7) is 4.84. The summed E-state index contributed by atoms with van der Waals surface area (Å²) in [5.41, 5.74) is 1.04. The number of hydrogen-bond donors (Lipinski definition) is 2. The first-order valence-corrected chi connectivity index (χ1v) is 8.22. The molecule has 0 saturated heterocycles. The van der Waals surface area contributed by atoms with Gasteiger partial charge < -0.3 is 5.32 Å². The van der Waals surface area contributed by atoms with E-state index in [1.165, 1.54) is 0 Å². The number of nitrogens with zero attached hydrogens (tertiary/aromatic N) is 1. The maximum atomic E-state index is 12.2. The zero-order chi connectivity index (χ0) is 15.3. The molecule has 0 aliphatic heterocycles. The van der Waals surface area contributed by atoms with Crippen LogP contribution in [0.5, 0.6) is 0 Å². The molecule has 6 heteroatoms. The van der Waals surface area contributed by atoms with Gasteiger partial charge in [0.05, 0.1) is 4.90 Å². The predicted octanol–water partition coefficient (Wildman–Crippen LogP) is 2.38. The highest BCUT2D eigenvalue weighted by Gasteiger charge is 2.14. The van der Waals surface area contributed by atoms with Crippen LogP contribution in [0.3, 0.4) is 0 Å². The molecule has 0 bridgehead atoms. The van der Waals surface area contributed by atoms with Crippen molar-refractivity contribution in [2.45, 2.75) is 31.3 Å². The Labute approximate surface area is 125 Å². The topological polar surface area (TPSA) is 71.1 Å². The molecule has 21 heavy (non-hydrogen) atoms. The summed E-state index contributed by atoms with van der Waals surface area (Å²) in [5.74, 6) is 0.308. The lowest BCUT2D eigenvalue weighted by Gasteiger charge is -2.10. The molecule has 2 N–H and O–H groups in total. The third-order valence-corrected chi connectivity index (χ3v) is 4.22. The van der Waals surface area contributed by atoms with Gasteiger partial charge in [0.15, 0.2) is 0 Å². The van der Waals surface area contributed by atoms with E-state index >= 15 is 0 Å². The van der Waals surface area contributed by atoms with Crippen molar-refractivity contribution < 1.29 is 8.42 Å². The maximum Gasteiger partial charge on any atom is 0.263 e. The Morgan fingerprint density at radius 3 is 2.38 bits per heavy atom. The van der Waals surface area contributed by atoms with Crippen molar-refractivity contribution in [3.8, 4) is 0 Å². The second-order valence-corrected chi connectivity index (χ2v) is 6.68. The molecule has 0 radical (unpaired) electrons. The number of sulfonamides is 1. The molecule has 1 aromatic heterocycles. The lowest BCUT2D eigenvalue weighted by molar-refractivity contribution is 0.588. The van der Waals surface area contributed by atoms with Crippen molar-refractivity contribution in [1.29, 1.82) is 0 Å². The minimum atomic E-state index is -3.59. The van der Waals surface area contributed by atoms with Gasteiger partial charge in [0, 0.05) is 18.8 Å². The van der Waals surface area contributed by atoms with E-state index in [9.17, 15) is 8.42 Å². The Balaban J connectivity index is 2.10. The van der Waals surface area contributed by atoms with Crippen LogP contribution in [-0.2, 0) is 16.6 Å². The average molecular weight is 305 g/mol. The Hall–Kier alpha value is -1.92. The Morgan fingerprint density at radius 1 is 1.10 bits per heavy atom. The second-order valence-electron chi connectivity index (χ2n) is 5.00. The number of aromatic nitrogens is 1. The predicted molar refractivity (Wildman–Crippen MR) is 83.5 cm³/mol. The Morgan fingerprint density at radius 2 is 1.81 bits per heavy atom. The van der Waals surface area contributed by atoms with Gasteiger partial charge in [-0.2, -0.15) is 0 Å². The van der Waals surface area contributed by atoms with Crippen molar-refractivity contribution in [2.75, 3.05) is 4.72 Å². The van der Waals surface area contributed by atoms with Crippen molar-refractivity contribution in [3.63, 3.8) is 0 Å². The molecule has 0 amide bonds. The third-order valence-electron chi connectivity index (χ3n) is 2.85. The summed E-state index contributed by atoms with van der Waals surface area (Å²) in [6.07, 6.45) is 1.54. The Bertz CT molecular complexity index is 668. The lowest BCUT2D eigenvalue weighted by Crippen LogP contribution is -2.21. The van der Waals surface area contributed by atoms with Gasteiger partial charge in [0.25, 0.3) is 10.0 Å². The van der Waals surface area contributed by atoms with Gasteiger partial charge in [-0.15, -0.1) is 0 Å². The molecule has 0 aliphatic carbocycles. The van der Waals surface area contributed by atoms with Crippen LogP contribution in [0, 0.1) is 0 Å². The van der Waals surface area contributed by atoms with Crippen molar-refractivity contribution in [2.24, 2.45) is 0 Å². The van der Waals surface area contributed by atoms with Crippen LogP contribution in [0.2, 0.25) is 0 Å². The number of anilines is 1. The molecule has 1 heterocycles. The highest BCUT2D eigenvalue weighted by atomic mass is 32.2. The highest BCUT2D eigenvalue weighted by Crippen LogP contribution is 2.14. The quantitative estimate of drug-likeness (QED) is 0.859. The first-order chi connectivity index (χ1) is 9.97. The highest BCUT2D eigenvalue weighted by molar-refractivity contribution is 7.92. The molecule has 0 spiro atoms. The van der Waals surface area contributed by atoms with Gasteiger partial charge in [0.1, 0.15) is 5.82 Å². The first kappa shape index (κ1) is 15.5. The molecule has 112 valence electrons. The van der Waals surface area contributed by atoms with Gasteiger partial charge in [-0.05, 0) is 29.8 Å². The maximum absolute atomic E-state index is 12.2. The van der Waals surface area contributed by atoms with Crippen LogP contribution >= 0.6 is 0 Å². The molecule has 2 rings (SSSR count). The molecule has 0 aliphatic rings. The van der Waals surface area contributed by atoms with Crippen LogP contribution < -0.4 is 10.0 Å². The average Bonchev–Trinajstić information content (AvgIpc) is 2.46. The molecule has 0 atom stereocenters. The van der Waals surface area contributed by atoms with Gasteiger partial charge >= 0.3 is 0 Å². The summed E-state index contributed by atoms with van der Waals surface area (Å²) >= 11 is 0. The van der Waals surface area contributed by atoms with E-state index in [2.05, 4.69) is 28.9 Å². The molecule has 0 fully saturated rings. The van der Waals surface area contributed by atoms with Crippen LogP contribution in [0.4, 0.5) is 5.82 Å². The van der Waals surface area contributed by atoms with Crippen molar-refractivity contribution in [1.82, 2.24) is 10.3 Å². The first-order valence-electron chi connectivity index (χ1n) is 6.73. The minimum Gasteiger partial charge on any atom is -0.310 e. The van der Waals surface area contributed by atoms with Crippen molar-refractivity contribution >= 4 is 15.8 Å². The van der Waals surface area contributed by atoms with Gasteiger partial charge in [0.2, 0.25) is 0 Å². The summed E-state index contributed by atoms with van der Waals surface area (Å²) < 4.78 is 26.9. The van der Waals surface area contributed by atoms with Crippen LogP contribution in [0.1, 0.15) is 19.4 Å². The van der Waals surface area contributed by atoms with E-state index in [0.29, 0.717) is 18.4 Å². The van der Waals surface area contributed by atoms with E-state index < -0.39 is 10.0 Å². The third kappa shape index (κ3) is 4.54. The summed E-state index contributed by atoms with van der Waals surface area (Å²) in [5, 5.41) is 3.28. The zero-order valence-electron chi connectivity index (χ0n) is 12.1. The zero-order valence-corrected chi connectivity index (χ0v) is 12.9. The number of nitrogens with one attached hydrogen (secondary N) is 2. The monoisotopic (exact) mass is 305 g/mol. The SMILES string of the molecule is CC(C)NCc1ccc(S(=O)(=O)Nc2ccccn2)cc1. The number of benzene rings is 1. The summed E-state index contributed by atoms with van der Waals surface area (Å²) in [6, 6.07) is 12.3. The van der Waals surface area contributed by atoms with Gasteiger partial charge in [-0.1, -0.05) is 32.0 Å². The molecular formula is C15H19N3O2S. The van der Waals surface area contributed by atoms with E-state index in [1.807, 2.05) is 12.1 Å². The minimum absolute atomic E-state index is 0.224. The van der Waals surface area contributed by atoms with E-state index in [4.69, 9.17) is 0 Å². The van der Waals surface area contributed by atoms with E-state index in [-0.39, 0.29) is 4.90 Å². The fourth-order valence-corrected chi connectivity index (χ4v) is 2.74. The number of rotatable bonds is 6. The van der Waals surface area contributed by atoms with Crippen LogP contribution in [-0.4, -0.2) is 19.4 Å². The van der Waals surface area contributed by atoms with Gasteiger partial charge in [-0.25, -0.2) is 13.4 Å². The molecule has 1 aromatic carbocycles. The number of pyridine rings is 1. The summed E-state index contributed by atoms with van der Waals surface area (Å²) in [4.78, 5) is 4.18. The van der Waals surface area contributed by atoms with E-state index in [0.717, 1.165) is 5.56 Å². The van der Waals surface area contributed by atoms with Crippen molar-refractivity contribution in [3.05, 3.63) is 54.2 Å². The molecule has 5 nitrogen and oxygen atoms in total. The second kappa shape index (κ2) is 6.69. The number of hydrogen-bond acceptors (Lipinski definition) is 4. The van der Waals surface area contributed by atoms with E-state index in [1.54, 1.807) is 36.5 Å². The lowest BCUT2D eigenvalue weighted by atomic mass is 10.2. The largest absolute Gasteiger partial charge is 0.310 e. The van der Waals surface area contributed by atoms with Crippen LogP contribution in [0.15, 0.2) is 53.6 Å². The smallest absolute Gasteiger partial charge is 0.263 e. The molecule has 0 unspecified atom stereocenters. The fraction of sp³-hybridized carbons (Fsp3) is 0.267. The molecule has 0 saturated carbocycles. The standard InChI is InChI=1S/C15H19N3O2S/c1-12(2)17-11-13-6-8-14(9-7-13)21(19,20)18-15-5-3-4-10-16-15/h3-10,12,17H,11H2,1-2H3,(H,16,18). The van der Waals surface area contributed by atoms with Crippen LogP contribution in [0.25, 0.3) is 0 Å². The normalized spacial score (nSPS) is 11.6. The summed E-state index contributed by atoms with van der Waals surface area (Å²) in [7, 11) is -3.59. The molecule has 2 aromatic rings.